The molecule has 169 valence electrons. The zero-order chi connectivity index (χ0) is 23.7. The SMILES string of the molecule is C=C(C)C(=O)OC.C=C(CC)C(=O)OCCCCCC.C=CC(=O)OC.[CH2]CC. The van der Waals surface area contributed by atoms with E-state index in [4.69, 9.17) is 4.74 Å². The second-order valence-electron chi connectivity index (χ2n) is 5.65. The Morgan fingerprint density at radius 3 is 1.66 bits per heavy atom. The molecule has 0 rings (SSSR count). The molecule has 0 saturated heterocycles. The number of carbonyl (C=O) groups is 3. The molecule has 0 unspecified atom stereocenters. The van der Waals surface area contributed by atoms with Crippen LogP contribution in [-0.4, -0.2) is 38.7 Å². The second kappa shape index (κ2) is 27.8. The van der Waals surface area contributed by atoms with Crippen LogP contribution >= 0.6 is 0 Å². The molecule has 0 N–H and O–H groups in total. The lowest BCUT2D eigenvalue weighted by Crippen LogP contribution is -2.07. The fourth-order valence-electron chi connectivity index (χ4n) is 1.20. The van der Waals surface area contributed by atoms with Crippen molar-refractivity contribution < 1.29 is 28.6 Å². The quantitative estimate of drug-likeness (QED) is 0.218. The minimum absolute atomic E-state index is 0.237. The lowest BCUT2D eigenvalue weighted by Gasteiger charge is -2.04. The van der Waals surface area contributed by atoms with Gasteiger partial charge in [0.05, 0.1) is 20.8 Å². The van der Waals surface area contributed by atoms with Gasteiger partial charge < -0.3 is 14.2 Å². The number of methoxy groups -OCH3 is 2. The summed E-state index contributed by atoms with van der Waals surface area (Å²) in [6.07, 6.45) is 7.31. The Labute approximate surface area is 178 Å². The van der Waals surface area contributed by atoms with Gasteiger partial charge in [0.1, 0.15) is 0 Å². The van der Waals surface area contributed by atoms with Crippen LogP contribution in [0.4, 0.5) is 0 Å². The molecule has 0 fully saturated rings. The monoisotopic (exact) mass is 413 g/mol. The van der Waals surface area contributed by atoms with Crippen molar-refractivity contribution in [1.82, 2.24) is 0 Å². The predicted octanol–water partition coefficient (Wildman–Crippen LogP) is 5.39. The van der Waals surface area contributed by atoms with Gasteiger partial charge in [0.15, 0.2) is 0 Å². The van der Waals surface area contributed by atoms with E-state index in [0.717, 1.165) is 25.3 Å². The van der Waals surface area contributed by atoms with E-state index in [-0.39, 0.29) is 11.9 Å². The van der Waals surface area contributed by atoms with Gasteiger partial charge in [-0.1, -0.05) is 73.1 Å². The van der Waals surface area contributed by atoms with Gasteiger partial charge >= 0.3 is 17.9 Å². The van der Waals surface area contributed by atoms with Gasteiger partial charge in [-0.05, 0) is 19.8 Å². The summed E-state index contributed by atoms with van der Waals surface area (Å²) in [5.41, 5.74) is 0.998. The molecule has 6 nitrogen and oxygen atoms in total. The van der Waals surface area contributed by atoms with Crippen LogP contribution < -0.4 is 0 Å². The Kier molecular flexibility index (Phi) is 32.8. The van der Waals surface area contributed by atoms with Gasteiger partial charge in [-0.3, -0.25) is 0 Å². The van der Waals surface area contributed by atoms with Crippen molar-refractivity contribution in [3.63, 3.8) is 0 Å². The third kappa shape index (κ3) is 33.6. The summed E-state index contributed by atoms with van der Waals surface area (Å²) in [6.45, 7) is 21.8. The Morgan fingerprint density at radius 1 is 0.897 bits per heavy atom. The van der Waals surface area contributed by atoms with Crippen LogP contribution in [0.25, 0.3) is 0 Å². The topological polar surface area (TPSA) is 78.9 Å². The number of unbranched alkanes of at least 4 members (excludes halogenated alkanes) is 3. The minimum Gasteiger partial charge on any atom is -0.466 e. The van der Waals surface area contributed by atoms with Crippen molar-refractivity contribution in [3.8, 4) is 0 Å². The van der Waals surface area contributed by atoms with Crippen LogP contribution in [0.5, 0.6) is 0 Å². The van der Waals surface area contributed by atoms with Gasteiger partial charge in [-0.25, -0.2) is 14.4 Å². The van der Waals surface area contributed by atoms with E-state index >= 15 is 0 Å². The molecule has 29 heavy (non-hydrogen) atoms. The highest BCUT2D eigenvalue weighted by atomic mass is 16.5. The third-order valence-corrected chi connectivity index (χ3v) is 2.85. The zero-order valence-corrected chi connectivity index (χ0v) is 19.3. The molecule has 0 aliphatic heterocycles. The largest absolute Gasteiger partial charge is 0.466 e. The van der Waals surface area contributed by atoms with Crippen LogP contribution in [0.15, 0.2) is 37.0 Å². The second-order valence-corrected chi connectivity index (χ2v) is 5.65. The molecule has 0 aromatic carbocycles. The zero-order valence-electron chi connectivity index (χ0n) is 19.3. The molecule has 6 heteroatoms. The number of rotatable bonds is 9. The molecule has 0 aliphatic carbocycles. The lowest BCUT2D eigenvalue weighted by molar-refractivity contribution is -0.139. The summed E-state index contributed by atoms with van der Waals surface area (Å²) in [7, 11) is 2.64. The predicted molar refractivity (Wildman–Crippen MR) is 119 cm³/mol. The lowest BCUT2D eigenvalue weighted by atomic mass is 10.2. The molecular formula is C23H41O6. The maximum atomic E-state index is 11.1. The molecule has 0 amide bonds. The van der Waals surface area contributed by atoms with Crippen LogP contribution in [0.2, 0.25) is 0 Å². The highest BCUT2D eigenvalue weighted by Gasteiger charge is 2.04. The van der Waals surface area contributed by atoms with Crippen molar-refractivity contribution in [2.75, 3.05) is 20.8 Å². The molecule has 0 atom stereocenters. The summed E-state index contributed by atoms with van der Waals surface area (Å²) < 4.78 is 13.4. The summed E-state index contributed by atoms with van der Waals surface area (Å²) in [4.78, 5) is 31.1. The van der Waals surface area contributed by atoms with E-state index in [1.165, 1.54) is 27.1 Å². The molecular weight excluding hydrogens is 372 g/mol. The molecule has 0 saturated carbocycles. The number of carbonyl (C=O) groups excluding carboxylic acids is 3. The Morgan fingerprint density at radius 2 is 1.41 bits per heavy atom. The van der Waals surface area contributed by atoms with E-state index in [1.807, 2.05) is 13.8 Å². The van der Waals surface area contributed by atoms with Crippen LogP contribution in [0, 0.1) is 6.92 Å². The van der Waals surface area contributed by atoms with Gasteiger partial charge in [0.2, 0.25) is 0 Å². The van der Waals surface area contributed by atoms with Crippen molar-refractivity contribution in [1.29, 1.82) is 0 Å². The summed E-state index contributed by atoms with van der Waals surface area (Å²) in [5.74, 6) is -0.978. The molecule has 1 radical (unpaired) electrons. The van der Waals surface area contributed by atoms with Crippen molar-refractivity contribution in [2.24, 2.45) is 0 Å². The van der Waals surface area contributed by atoms with Crippen LogP contribution in [0.1, 0.15) is 66.2 Å². The average Bonchev–Trinajstić information content (AvgIpc) is 2.72. The number of ether oxygens (including phenoxy) is 3. The fourth-order valence-corrected chi connectivity index (χ4v) is 1.20. The maximum Gasteiger partial charge on any atom is 0.333 e. The first-order valence-corrected chi connectivity index (χ1v) is 9.71. The van der Waals surface area contributed by atoms with Crippen LogP contribution in [-0.2, 0) is 28.6 Å². The Balaban J connectivity index is -0.000000165. The first-order valence-electron chi connectivity index (χ1n) is 9.71. The molecule has 0 heterocycles. The van der Waals surface area contributed by atoms with Gasteiger partial charge in [0.25, 0.3) is 0 Å². The van der Waals surface area contributed by atoms with E-state index in [0.29, 0.717) is 24.2 Å². The number of hydrogen-bond donors (Lipinski definition) is 0. The smallest absolute Gasteiger partial charge is 0.333 e. The van der Waals surface area contributed by atoms with E-state index in [1.54, 1.807) is 6.92 Å². The van der Waals surface area contributed by atoms with Gasteiger partial charge in [-0.15, -0.1) is 0 Å². The maximum absolute atomic E-state index is 11.1. The molecule has 0 aromatic rings. The van der Waals surface area contributed by atoms with E-state index < -0.39 is 5.97 Å². The summed E-state index contributed by atoms with van der Waals surface area (Å²) >= 11 is 0. The van der Waals surface area contributed by atoms with Crippen molar-refractivity contribution in [3.05, 3.63) is 43.9 Å². The van der Waals surface area contributed by atoms with E-state index in [2.05, 4.69) is 43.1 Å². The molecule has 0 aliphatic rings. The Bertz CT molecular complexity index is 466. The summed E-state index contributed by atoms with van der Waals surface area (Å²) in [6, 6.07) is 0. The average molecular weight is 414 g/mol. The molecule has 0 spiro atoms. The van der Waals surface area contributed by atoms with Gasteiger partial charge in [-0.2, -0.15) is 0 Å². The number of esters is 3. The first kappa shape index (κ1) is 34.2. The summed E-state index contributed by atoms with van der Waals surface area (Å²) in [5, 5.41) is 0. The van der Waals surface area contributed by atoms with Crippen molar-refractivity contribution >= 4 is 17.9 Å². The van der Waals surface area contributed by atoms with Gasteiger partial charge in [0, 0.05) is 17.2 Å². The number of hydrogen-bond acceptors (Lipinski definition) is 6. The standard InChI is InChI=1S/C11H20O2.C5H8O2.C4H6O2.C3H7/c1-4-6-7-8-9-13-11(12)10(3)5-2;1-4(2)5(6)7-3;1-3-4(5)6-2;1-3-2/h3-9H2,1-2H3;1H2,2-3H3;3H,1H2,2H3;1,3H2,2H3. The van der Waals surface area contributed by atoms with Crippen molar-refractivity contribution in [2.45, 2.75) is 66.2 Å². The van der Waals surface area contributed by atoms with Crippen LogP contribution in [0.3, 0.4) is 0 Å². The highest BCUT2D eigenvalue weighted by molar-refractivity contribution is 5.87. The third-order valence-electron chi connectivity index (χ3n) is 2.85. The molecule has 0 aromatic heterocycles. The molecule has 0 bridgehead atoms. The van der Waals surface area contributed by atoms with E-state index in [9.17, 15) is 14.4 Å². The first-order chi connectivity index (χ1) is 13.6. The Hall–Kier alpha value is -2.37. The fraction of sp³-hybridized carbons (Fsp3) is 0.565. The normalized spacial score (nSPS) is 8.24. The minimum atomic E-state index is -0.394. The highest BCUT2D eigenvalue weighted by Crippen LogP contribution is 2.03.